The summed E-state index contributed by atoms with van der Waals surface area (Å²) >= 11 is 0. The Morgan fingerprint density at radius 2 is 1.86 bits per heavy atom. The molecule has 6 nitrogen and oxygen atoms in total. The molecule has 0 unspecified atom stereocenters. The first kappa shape index (κ1) is 19.7. The van der Waals surface area contributed by atoms with Crippen LogP contribution < -0.4 is 10.0 Å². The largest absolute Gasteiger partial charge is 0.321 e. The van der Waals surface area contributed by atoms with Gasteiger partial charge in [0.05, 0.1) is 16.1 Å². The zero-order valence-corrected chi connectivity index (χ0v) is 16.5. The Kier molecular flexibility index (Phi) is 5.58. The molecule has 2 N–H and O–H groups in total. The Morgan fingerprint density at radius 1 is 1.14 bits per heavy atom. The molecule has 0 aliphatic carbocycles. The van der Waals surface area contributed by atoms with E-state index >= 15 is 0 Å². The SMILES string of the molecule is C=CCNS(=O)(=O)c1ccc(C(=O)Nc2ccnc3c(C)cc(C)cc23)cc1. The van der Waals surface area contributed by atoms with Crippen molar-refractivity contribution in [1.82, 2.24) is 9.71 Å². The Labute approximate surface area is 164 Å². The number of benzene rings is 2. The fraction of sp³-hybridized carbons (Fsp3) is 0.143. The maximum atomic E-state index is 12.7. The van der Waals surface area contributed by atoms with Gasteiger partial charge in [0.2, 0.25) is 10.0 Å². The number of sulfonamides is 1. The van der Waals surface area contributed by atoms with E-state index in [0.29, 0.717) is 11.3 Å². The zero-order chi connectivity index (χ0) is 20.3. The van der Waals surface area contributed by atoms with Crippen molar-refractivity contribution in [2.24, 2.45) is 0 Å². The fourth-order valence-electron chi connectivity index (χ4n) is 2.95. The van der Waals surface area contributed by atoms with E-state index in [1.165, 1.54) is 30.3 Å². The van der Waals surface area contributed by atoms with Crippen LogP contribution in [-0.4, -0.2) is 25.9 Å². The third-order valence-corrected chi connectivity index (χ3v) is 5.71. The van der Waals surface area contributed by atoms with Gasteiger partial charge in [-0.1, -0.05) is 17.7 Å². The molecule has 1 amide bonds. The molecule has 0 saturated heterocycles. The highest BCUT2D eigenvalue weighted by Gasteiger charge is 2.15. The second-order valence-electron chi connectivity index (χ2n) is 6.46. The molecular formula is C21H21N3O3S. The highest BCUT2D eigenvalue weighted by Crippen LogP contribution is 2.26. The van der Waals surface area contributed by atoms with Crippen LogP contribution in [0.5, 0.6) is 0 Å². The smallest absolute Gasteiger partial charge is 0.255 e. The van der Waals surface area contributed by atoms with Crippen LogP contribution in [0.25, 0.3) is 10.9 Å². The van der Waals surface area contributed by atoms with Crippen LogP contribution >= 0.6 is 0 Å². The summed E-state index contributed by atoms with van der Waals surface area (Å²) in [5.41, 5.74) is 3.96. The molecular weight excluding hydrogens is 374 g/mol. The number of fused-ring (bicyclic) bond motifs is 1. The summed E-state index contributed by atoms with van der Waals surface area (Å²) in [6.07, 6.45) is 3.11. The summed E-state index contributed by atoms with van der Waals surface area (Å²) in [6.45, 7) is 7.59. The van der Waals surface area contributed by atoms with Crippen molar-refractivity contribution in [3.05, 3.63) is 78.0 Å². The highest BCUT2D eigenvalue weighted by molar-refractivity contribution is 7.89. The van der Waals surface area contributed by atoms with Crippen LogP contribution in [0.4, 0.5) is 5.69 Å². The average molecular weight is 395 g/mol. The van der Waals surface area contributed by atoms with E-state index in [-0.39, 0.29) is 17.3 Å². The fourth-order valence-corrected chi connectivity index (χ4v) is 3.95. The van der Waals surface area contributed by atoms with Gasteiger partial charge < -0.3 is 5.32 Å². The second kappa shape index (κ2) is 7.92. The van der Waals surface area contributed by atoms with Gasteiger partial charge in [-0.25, -0.2) is 13.1 Å². The first-order chi connectivity index (χ1) is 13.3. The first-order valence-corrected chi connectivity index (χ1v) is 10.2. The molecule has 0 bridgehead atoms. The minimum absolute atomic E-state index is 0.0894. The predicted octanol–water partition coefficient (Wildman–Crippen LogP) is 3.57. The number of aromatic nitrogens is 1. The molecule has 1 heterocycles. The standard InChI is InChI=1S/C21H21N3O3S/c1-4-10-23-28(26,27)17-7-5-16(6-8-17)21(25)24-19-9-11-22-20-15(3)12-14(2)13-18(19)20/h4-9,11-13,23H,1,10H2,2-3H3,(H,22,24,25). The van der Waals surface area contributed by atoms with Crippen molar-refractivity contribution in [3.63, 3.8) is 0 Å². The molecule has 3 aromatic rings. The van der Waals surface area contributed by atoms with Crippen LogP contribution in [0.1, 0.15) is 21.5 Å². The van der Waals surface area contributed by atoms with Gasteiger partial charge in [0.1, 0.15) is 0 Å². The molecule has 2 aromatic carbocycles. The van der Waals surface area contributed by atoms with Gasteiger partial charge in [-0.15, -0.1) is 6.58 Å². The molecule has 0 fully saturated rings. The summed E-state index contributed by atoms with van der Waals surface area (Å²) in [4.78, 5) is 17.1. The van der Waals surface area contributed by atoms with Gasteiger partial charge in [0.15, 0.2) is 0 Å². The van der Waals surface area contributed by atoms with Crippen molar-refractivity contribution in [2.45, 2.75) is 18.7 Å². The predicted molar refractivity (Wildman–Crippen MR) is 111 cm³/mol. The number of nitrogens with zero attached hydrogens (tertiary/aromatic N) is 1. The minimum Gasteiger partial charge on any atom is -0.321 e. The van der Waals surface area contributed by atoms with E-state index in [9.17, 15) is 13.2 Å². The molecule has 0 atom stereocenters. The van der Waals surface area contributed by atoms with Gasteiger partial charge in [-0.2, -0.15) is 0 Å². The van der Waals surface area contributed by atoms with Crippen LogP contribution in [-0.2, 0) is 10.0 Å². The minimum atomic E-state index is -3.62. The molecule has 0 aliphatic rings. The lowest BCUT2D eigenvalue weighted by molar-refractivity contribution is 0.102. The van der Waals surface area contributed by atoms with E-state index in [1.807, 2.05) is 26.0 Å². The van der Waals surface area contributed by atoms with Crippen molar-refractivity contribution >= 4 is 32.5 Å². The summed E-state index contributed by atoms with van der Waals surface area (Å²) in [7, 11) is -3.62. The van der Waals surface area contributed by atoms with Crippen molar-refractivity contribution in [1.29, 1.82) is 0 Å². The quantitative estimate of drug-likeness (QED) is 0.625. The number of carbonyl (C=O) groups excluding carboxylic acids is 1. The number of nitrogens with one attached hydrogen (secondary N) is 2. The van der Waals surface area contributed by atoms with Gasteiger partial charge >= 0.3 is 0 Å². The summed E-state index contributed by atoms with van der Waals surface area (Å²) < 4.78 is 26.6. The topological polar surface area (TPSA) is 88.2 Å². The third kappa shape index (κ3) is 4.11. The van der Waals surface area contributed by atoms with Gasteiger partial charge in [-0.05, 0) is 55.8 Å². The normalized spacial score (nSPS) is 11.4. The number of anilines is 1. The third-order valence-electron chi connectivity index (χ3n) is 4.27. The molecule has 0 saturated carbocycles. The number of rotatable bonds is 6. The lowest BCUT2D eigenvalue weighted by Crippen LogP contribution is -2.23. The van der Waals surface area contributed by atoms with Crippen molar-refractivity contribution in [3.8, 4) is 0 Å². The average Bonchev–Trinajstić information content (AvgIpc) is 2.67. The monoisotopic (exact) mass is 395 g/mol. The molecule has 7 heteroatoms. The maximum Gasteiger partial charge on any atom is 0.255 e. The van der Waals surface area contributed by atoms with E-state index < -0.39 is 10.0 Å². The number of hydrogen-bond donors (Lipinski definition) is 2. The Balaban J connectivity index is 1.86. The van der Waals surface area contributed by atoms with Crippen molar-refractivity contribution < 1.29 is 13.2 Å². The number of amides is 1. The Hall–Kier alpha value is -3.03. The van der Waals surface area contributed by atoms with Crippen LogP contribution in [0.15, 0.2) is 66.2 Å². The molecule has 144 valence electrons. The molecule has 1 aromatic heterocycles. The van der Waals surface area contributed by atoms with Crippen molar-refractivity contribution in [2.75, 3.05) is 11.9 Å². The van der Waals surface area contributed by atoms with Gasteiger partial charge in [-0.3, -0.25) is 9.78 Å². The van der Waals surface area contributed by atoms with E-state index in [0.717, 1.165) is 22.0 Å². The summed E-state index contributed by atoms with van der Waals surface area (Å²) in [5.74, 6) is -0.324. The summed E-state index contributed by atoms with van der Waals surface area (Å²) in [6, 6.07) is 11.5. The second-order valence-corrected chi connectivity index (χ2v) is 8.22. The highest BCUT2D eigenvalue weighted by atomic mass is 32.2. The first-order valence-electron chi connectivity index (χ1n) is 8.70. The number of aryl methyl sites for hydroxylation is 2. The lowest BCUT2D eigenvalue weighted by atomic mass is 10.1. The van der Waals surface area contributed by atoms with E-state index in [1.54, 1.807) is 12.3 Å². The maximum absolute atomic E-state index is 12.7. The number of hydrogen-bond acceptors (Lipinski definition) is 4. The molecule has 0 radical (unpaired) electrons. The Bertz CT molecular complexity index is 1150. The number of carbonyl (C=O) groups is 1. The van der Waals surface area contributed by atoms with E-state index in [4.69, 9.17) is 0 Å². The van der Waals surface area contributed by atoms with Gasteiger partial charge in [0, 0.05) is 23.7 Å². The Morgan fingerprint density at radius 3 is 2.54 bits per heavy atom. The van der Waals surface area contributed by atoms with E-state index in [2.05, 4.69) is 21.6 Å². The van der Waals surface area contributed by atoms with Crippen LogP contribution in [0, 0.1) is 13.8 Å². The van der Waals surface area contributed by atoms with Gasteiger partial charge in [0.25, 0.3) is 5.91 Å². The molecule has 28 heavy (non-hydrogen) atoms. The molecule has 0 aliphatic heterocycles. The van der Waals surface area contributed by atoms with Crippen LogP contribution in [0.2, 0.25) is 0 Å². The lowest BCUT2D eigenvalue weighted by Gasteiger charge is -2.11. The van der Waals surface area contributed by atoms with Crippen LogP contribution in [0.3, 0.4) is 0 Å². The zero-order valence-electron chi connectivity index (χ0n) is 15.7. The molecule has 3 rings (SSSR count). The molecule has 0 spiro atoms. The summed E-state index contributed by atoms with van der Waals surface area (Å²) in [5, 5.41) is 3.75. The number of pyridine rings is 1.